The number of unbranched alkanes of at least 4 members (excludes halogenated alkanes) is 2. The van der Waals surface area contributed by atoms with Crippen LogP contribution in [-0.2, 0) is 16.6 Å². The SMILES string of the molecule is CCCCCNS(=O)(=O)c1cc(C)c(F)c(CO)c1. The van der Waals surface area contributed by atoms with E-state index in [0.717, 1.165) is 19.3 Å². The van der Waals surface area contributed by atoms with Crippen LogP contribution >= 0.6 is 0 Å². The van der Waals surface area contributed by atoms with Crippen LogP contribution in [0.15, 0.2) is 17.0 Å². The van der Waals surface area contributed by atoms with Crippen LogP contribution in [0.1, 0.15) is 37.3 Å². The Labute approximate surface area is 113 Å². The van der Waals surface area contributed by atoms with E-state index in [9.17, 15) is 12.8 Å². The van der Waals surface area contributed by atoms with Crippen molar-refractivity contribution >= 4 is 10.0 Å². The molecule has 108 valence electrons. The number of aliphatic hydroxyl groups is 1. The predicted molar refractivity (Wildman–Crippen MR) is 71.8 cm³/mol. The van der Waals surface area contributed by atoms with E-state index < -0.39 is 22.4 Å². The highest BCUT2D eigenvalue weighted by Crippen LogP contribution is 2.19. The second-order valence-corrected chi connectivity index (χ2v) is 6.24. The fourth-order valence-electron chi connectivity index (χ4n) is 1.74. The van der Waals surface area contributed by atoms with Crippen molar-refractivity contribution in [3.63, 3.8) is 0 Å². The molecule has 0 aliphatic carbocycles. The number of rotatable bonds is 7. The summed E-state index contributed by atoms with van der Waals surface area (Å²) in [7, 11) is -3.64. The minimum Gasteiger partial charge on any atom is -0.392 e. The summed E-state index contributed by atoms with van der Waals surface area (Å²) in [5.74, 6) is -0.563. The normalized spacial score (nSPS) is 11.8. The molecule has 0 fully saturated rings. The Hall–Kier alpha value is -0.980. The summed E-state index contributed by atoms with van der Waals surface area (Å²) in [5, 5.41) is 9.02. The Kier molecular flexibility index (Phi) is 5.90. The summed E-state index contributed by atoms with van der Waals surface area (Å²) in [6, 6.07) is 2.45. The topological polar surface area (TPSA) is 66.4 Å². The van der Waals surface area contributed by atoms with Gasteiger partial charge in [0.2, 0.25) is 10.0 Å². The summed E-state index contributed by atoms with van der Waals surface area (Å²) in [5.41, 5.74) is 0.203. The molecule has 0 atom stereocenters. The molecule has 1 aromatic carbocycles. The quantitative estimate of drug-likeness (QED) is 0.755. The minimum atomic E-state index is -3.64. The Morgan fingerprint density at radius 2 is 2.00 bits per heavy atom. The number of hydrogen-bond acceptors (Lipinski definition) is 3. The van der Waals surface area contributed by atoms with Gasteiger partial charge in [0.15, 0.2) is 0 Å². The van der Waals surface area contributed by atoms with Crippen LogP contribution in [-0.4, -0.2) is 20.1 Å². The van der Waals surface area contributed by atoms with Gasteiger partial charge in [-0.15, -0.1) is 0 Å². The van der Waals surface area contributed by atoms with Gasteiger partial charge in [-0.3, -0.25) is 0 Å². The molecule has 0 heterocycles. The molecular formula is C13H20FNO3S. The van der Waals surface area contributed by atoms with E-state index >= 15 is 0 Å². The van der Waals surface area contributed by atoms with Gasteiger partial charge in [-0.05, 0) is 31.0 Å². The third-order valence-electron chi connectivity index (χ3n) is 2.86. The number of halogens is 1. The Morgan fingerprint density at radius 3 is 2.58 bits per heavy atom. The molecule has 6 heteroatoms. The Bertz CT molecular complexity index is 529. The highest BCUT2D eigenvalue weighted by molar-refractivity contribution is 7.89. The van der Waals surface area contributed by atoms with Crippen LogP contribution in [0.4, 0.5) is 4.39 Å². The van der Waals surface area contributed by atoms with Crippen molar-refractivity contribution in [2.24, 2.45) is 0 Å². The zero-order valence-corrected chi connectivity index (χ0v) is 12.1. The Balaban J connectivity index is 2.92. The molecule has 0 aliphatic rings. The second kappa shape index (κ2) is 6.98. The molecule has 2 N–H and O–H groups in total. The number of benzene rings is 1. The molecule has 1 rings (SSSR count). The predicted octanol–water partition coefficient (Wildman–Crippen LogP) is 2.09. The minimum absolute atomic E-state index is 0.00562. The van der Waals surface area contributed by atoms with E-state index in [1.54, 1.807) is 0 Å². The van der Waals surface area contributed by atoms with E-state index in [4.69, 9.17) is 5.11 Å². The van der Waals surface area contributed by atoms with Crippen molar-refractivity contribution in [3.05, 3.63) is 29.1 Å². The van der Waals surface area contributed by atoms with Gasteiger partial charge in [0.05, 0.1) is 11.5 Å². The van der Waals surface area contributed by atoms with Crippen LogP contribution in [0, 0.1) is 12.7 Å². The second-order valence-electron chi connectivity index (χ2n) is 4.48. The fourth-order valence-corrected chi connectivity index (χ4v) is 2.95. The average Bonchev–Trinajstić information content (AvgIpc) is 2.37. The lowest BCUT2D eigenvalue weighted by Gasteiger charge is -2.10. The van der Waals surface area contributed by atoms with Gasteiger partial charge in [-0.2, -0.15) is 0 Å². The first-order valence-corrected chi connectivity index (χ1v) is 7.80. The van der Waals surface area contributed by atoms with Crippen LogP contribution in [0.5, 0.6) is 0 Å². The summed E-state index contributed by atoms with van der Waals surface area (Å²) >= 11 is 0. The van der Waals surface area contributed by atoms with Crippen molar-refractivity contribution in [2.75, 3.05) is 6.54 Å². The van der Waals surface area contributed by atoms with E-state index in [-0.39, 0.29) is 16.0 Å². The lowest BCUT2D eigenvalue weighted by atomic mass is 10.1. The molecule has 0 bridgehead atoms. The largest absolute Gasteiger partial charge is 0.392 e. The summed E-state index contributed by atoms with van der Waals surface area (Å²) in [6.07, 6.45) is 2.72. The zero-order valence-electron chi connectivity index (χ0n) is 11.2. The highest BCUT2D eigenvalue weighted by Gasteiger charge is 2.17. The van der Waals surface area contributed by atoms with E-state index in [1.807, 2.05) is 6.92 Å². The van der Waals surface area contributed by atoms with Crippen LogP contribution in [0.25, 0.3) is 0 Å². The van der Waals surface area contributed by atoms with Crippen LogP contribution < -0.4 is 4.72 Å². The maximum atomic E-state index is 13.5. The van der Waals surface area contributed by atoms with E-state index in [2.05, 4.69) is 4.72 Å². The van der Waals surface area contributed by atoms with Crippen LogP contribution in [0.2, 0.25) is 0 Å². The number of aliphatic hydroxyl groups excluding tert-OH is 1. The van der Waals surface area contributed by atoms with Crippen LogP contribution in [0.3, 0.4) is 0 Å². The van der Waals surface area contributed by atoms with Gasteiger partial charge in [-0.25, -0.2) is 17.5 Å². The Morgan fingerprint density at radius 1 is 1.32 bits per heavy atom. The van der Waals surface area contributed by atoms with Gasteiger partial charge >= 0.3 is 0 Å². The first-order chi connectivity index (χ1) is 8.92. The summed E-state index contributed by atoms with van der Waals surface area (Å²) in [6.45, 7) is 3.35. The molecule has 0 aliphatic heterocycles. The number of sulfonamides is 1. The first-order valence-electron chi connectivity index (χ1n) is 6.32. The lowest BCUT2D eigenvalue weighted by molar-refractivity contribution is 0.275. The van der Waals surface area contributed by atoms with Crippen molar-refractivity contribution < 1.29 is 17.9 Å². The highest BCUT2D eigenvalue weighted by atomic mass is 32.2. The van der Waals surface area contributed by atoms with Gasteiger partial charge in [0.1, 0.15) is 5.82 Å². The fraction of sp³-hybridized carbons (Fsp3) is 0.538. The molecule has 1 aromatic rings. The standard InChI is InChI=1S/C13H20FNO3S/c1-3-4-5-6-15-19(17,18)12-7-10(2)13(14)11(8-12)9-16/h7-8,15-16H,3-6,9H2,1-2H3. The monoisotopic (exact) mass is 289 g/mol. The molecule has 0 saturated heterocycles. The molecule has 0 radical (unpaired) electrons. The van der Waals surface area contributed by atoms with Crippen molar-refractivity contribution in [1.82, 2.24) is 4.72 Å². The van der Waals surface area contributed by atoms with E-state index in [0.29, 0.717) is 6.54 Å². The van der Waals surface area contributed by atoms with Crippen molar-refractivity contribution in [2.45, 2.75) is 44.6 Å². The maximum absolute atomic E-state index is 13.5. The summed E-state index contributed by atoms with van der Waals surface area (Å²) in [4.78, 5) is -0.00746. The molecule has 0 amide bonds. The van der Waals surface area contributed by atoms with Gasteiger partial charge in [-0.1, -0.05) is 19.8 Å². The molecule has 19 heavy (non-hydrogen) atoms. The van der Waals surface area contributed by atoms with Crippen molar-refractivity contribution in [3.8, 4) is 0 Å². The first kappa shape index (κ1) is 16.1. The third kappa shape index (κ3) is 4.26. The number of nitrogens with one attached hydrogen (secondary N) is 1. The summed E-state index contributed by atoms with van der Waals surface area (Å²) < 4.78 is 40.0. The number of hydrogen-bond donors (Lipinski definition) is 2. The number of aryl methyl sites for hydroxylation is 1. The third-order valence-corrected chi connectivity index (χ3v) is 4.30. The van der Waals surface area contributed by atoms with Gasteiger partial charge < -0.3 is 5.11 Å². The van der Waals surface area contributed by atoms with E-state index in [1.165, 1.54) is 19.1 Å². The average molecular weight is 289 g/mol. The smallest absolute Gasteiger partial charge is 0.240 e. The molecular weight excluding hydrogens is 269 g/mol. The molecule has 4 nitrogen and oxygen atoms in total. The maximum Gasteiger partial charge on any atom is 0.240 e. The molecule has 0 aromatic heterocycles. The van der Waals surface area contributed by atoms with Gasteiger partial charge in [0, 0.05) is 12.1 Å². The lowest BCUT2D eigenvalue weighted by Crippen LogP contribution is -2.25. The van der Waals surface area contributed by atoms with Gasteiger partial charge in [0.25, 0.3) is 0 Å². The molecule has 0 unspecified atom stereocenters. The van der Waals surface area contributed by atoms with Crippen molar-refractivity contribution in [1.29, 1.82) is 0 Å². The molecule has 0 spiro atoms. The molecule has 0 saturated carbocycles. The zero-order chi connectivity index (χ0) is 14.5.